The number of hydrogen-bond acceptors (Lipinski definition) is 3. The Balaban J connectivity index is 1.59. The second-order valence-corrected chi connectivity index (χ2v) is 6.78. The van der Waals surface area contributed by atoms with E-state index in [1.54, 1.807) is 6.20 Å². The van der Waals surface area contributed by atoms with E-state index in [1.807, 2.05) is 10.9 Å². The van der Waals surface area contributed by atoms with Crippen molar-refractivity contribution in [1.29, 1.82) is 0 Å². The number of aromatic nitrogens is 3. The summed E-state index contributed by atoms with van der Waals surface area (Å²) in [6, 6.07) is 0.676. The van der Waals surface area contributed by atoms with Gasteiger partial charge in [0, 0.05) is 18.8 Å². The Hall–Kier alpha value is -0.900. The first-order chi connectivity index (χ1) is 8.54. The van der Waals surface area contributed by atoms with E-state index in [0.717, 1.165) is 19.0 Å². The molecule has 2 saturated carbocycles. The van der Waals surface area contributed by atoms with Crippen molar-refractivity contribution in [1.82, 2.24) is 20.3 Å². The largest absolute Gasteiger partial charge is 0.312 e. The summed E-state index contributed by atoms with van der Waals surface area (Å²) in [6.07, 6.45) is 7.81. The van der Waals surface area contributed by atoms with Crippen molar-refractivity contribution >= 4 is 0 Å². The molecule has 2 aliphatic carbocycles. The molecule has 0 aromatic carbocycles. The molecule has 4 nitrogen and oxygen atoms in total. The van der Waals surface area contributed by atoms with E-state index in [1.165, 1.54) is 19.3 Å². The monoisotopic (exact) mass is 248 g/mol. The topological polar surface area (TPSA) is 42.7 Å². The molecular weight excluding hydrogens is 224 g/mol. The van der Waals surface area contributed by atoms with Gasteiger partial charge in [-0.25, -0.2) is 0 Å². The molecule has 0 radical (unpaired) electrons. The van der Waals surface area contributed by atoms with E-state index in [0.29, 0.717) is 16.9 Å². The molecule has 3 atom stereocenters. The SMILES string of the molecule is CC1(C)C2CCC1(C)C(NCCn1ccnn1)C2. The van der Waals surface area contributed by atoms with Crippen molar-refractivity contribution in [3.8, 4) is 0 Å². The maximum Gasteiger partial charge on any atom is 0.0692 e. The molecule has 0 aliphatic heterocycles. The van der Waals surface area contributed by atoms with Gasteiger partial charge in [-0.05, 0) is 36.0 Å². The molecule has 2 fully saturated rings. The second-order valence-electron chi connectivity index (χ2n) is 6.78. The molecule has 0 saturated heterocycles. The van der Waals surface area contributed by atoms with E-state index >= 15 is 0 Å². The minimum absolute atomic E-state index is 0.472. The van der Waals surface area contributed by atoms with E-state index in [4.69, 9.17) is 0 Å². The molecule has 1 aromatic rings. The van der Waals surface area contributed by atoms with Crippen LogP contribution in [0, 0.1) is 16.7 Å². The Morgan fingerprint density at radius 3 is 2.78 bits per heavy atom. The number of nitrogens with zero attached hydrogens (tertiary/aromatic N) is 3. The van der Waals surface area contributed by atoms with Gasteiger partial charge in [-0.1, -0.05) is 26.0 Å². The van der Waals surface area contributed by atoms with Crippen LogP contribution < -0.4 is 5.32 Å². The van der Waals surface area contributed by atoms with Gasteiger partial charge in [0.1, 0.15) is 0 Å². The summed E-state index contributed by atoms with van der Waals surface area (Å²) in [4.78, 5) is 0. The van der Waals surface area contributed by atoms with Crippen LogP contribution in [0.3, 0.4) is 0 Å². The smallest absolute Gasteiger partial charge is 0.0692 e. The minimum Gasteiger partial charge on any atom is -0.312 e. The van der Waals surface area contributed by atoms with Gasteiger partial charge in [-0.3, -0.25) is 4.68 Å². The third-order valence-corrected chi connectivity index (χ3v) is 6.00. The highest BCUT2D eigenvalue weighted by molar-refractivity contribution is 5.12. The van der Waals surface area contributed by atoms with Crippen LogP contribution in [-0.2, 0) is 6.54 Å². The second kappa shape index (κ2) is 4.05. The van der Waals surface area contributed by atoms with Crippen LogP contribution in [0.2, 0.25) is 0 Å². The average Bonchev–Trinajstić information content (AvgIpc) is 2.95. The normalized spacial score (nSPS) is 37.3. The Bertz CT molecular complexity index is 411. The molecule has 18 heavy (non-hydrogen) atoms. The fourth-order valence-electron chi connectivity index (χ4n) is 4.22. The number of fused-ring (bicyclic) bond motifs is 2. The summed E-state index contributed by atoms with van der Waals surface area (Å²) in [5.41, 5.74) is 0.970. The Labute approximate surface area is 109 Å². The number of hydrogen-bond donors (Lipinski definition) is 1. The van der Waals surface area contributed by atoms with E-state index in [9.17, 15) is 0 Å². The quantitative estimate of drug-likeness (QED) is 0.887. The molecule has 0 amide bonds. The standard InChI is InChI=1S/C14H24N4/c1-13(2)11-4-5-14(13,3)12(10-11)15-6-8-18-9-7-16-17-18/h7,9,11-12,15H,4-6,8,10H2,1-3H3. The molecule has 2 bridgehead atoms. The van der Waals surface area contributed by atoms with Crippen LogP contribution in [0.4, 0.5) is 0 Å². The summed E-state index contributed by atoms with van der Waals surface area (Å²) in [7, 11) is 0. The first-order valence-corrected chi connectivity index (χ1v) is 7.11. The van der Waals surface area contributed by atoms with E-state index in [-0.39, 0.29) is 0 Å². The highest BCUT2D eigenvalue weighted by Gasteiger charge is 2.60. The number of rotatable bonds is 4. The third kappa shape index (κ3) is 1.62. The van der Waals surface area contributed by atoms with Gasteiger partial charge in [0.15, 0.2) is 0 Å². The van der Waals surface area contributed by atoms with Crippen molar-refractivity contribution in [2.24, 2.45) is 16.7 Å². The first kappa shape index (κ1) is 12.2. The Kier molecular flexibility index (Phi) is 2.73. The van der Waals surface area contributed by atoms with Crippen molar-refractivity contribution in [2.45, 2.75) is 52.6 Å². The Morgan fingerprint density at radius 1 is 1.39 bits per heavy atom. The van der Waals surface area contributed by atoms with Crippen LogP contribution in [0.15, 0.2) is 12.4 Å². The van der Waals surface area contributed by atoms with Crippen molar-refractivity contribution in [3.63, 3.8) is 0 Å². The lowest BCUT2D eigenvalue weighted by Crippen LogP contribution is -2.45. The summed E-state index contributed by atoms with van der Waals surface area (Å²) < 4.78 is 1.90. The predicted molar refractivity (Wildman–Crippen MR) is 71.0 cm³/mol. The summed E-state index contributed by atoms with van der Waals surface area (Å²) in [5.74, 6) is 0.909. The minimum atomic E-state index is 0.472. The number of nitrogens with one attached hydrogen (secondary N) is 1. The van der Waals surface area contributed by atoms with Crippen LogP contribution >= 0.6 is 0 Å². The van der Waals surface area contributed by atoms with Crippen LogP contribution in [0.5, 0.6) is 0 Å². The summed E-state index contributed by atoms with van der Waals surface area (Å²) >= 11 is 0. The van der Waals surface area contributed by atoms with E-state index < -0.39 is 0 Å². The lowest BCUT2D eigenvalue weighted by molar-refractivity contribution is 0.120. The fraction of sp³-hybridized carbons (Fsp3) is 0.857. The highest BCUT2D eigenvalue weighted by atomic mass is 15.4. The molecule has 1 N–H and O–H groups in total. The molecule has 1 aromatic heterocycles. The molecule has 2 aliphatic rings. The first-order valence-electron chi connectivity index (χ1n) is 7.11. The third-order valence-electron chi connectivity index (χ3n) is 6.00. The van der Waals surface area contributed by atoms with Gasteiger partial charge in [0.05, 0.1) is 12.7 Å². The van der Waals surface area contributed by atoms with Crippen molar-refractivity contribution < 1.29 is 0 Å². The molecule has 3 unspecified atom stereocenters. The lowest BCUT2D eigenvalue weighted by Gasteiger charge is -2.39. The fourth-order valence-corrected chi connectivity index (χ4v) is 4.22. The highest BCUT2D eigenvalue weighted by Crippen LogP contribution is 2.65. The van der Waals surface area contributed by atoms with E-state index in [2.05, 4.69) is 36.4 Å². The maximum atomic E-state index is 4.00. The summed E-state index contributed by atoms with van der Waals surface area (Å²) in [5, 5.41) is 11.6. The van der Waals surface area contributed by atoms with Crippen molar-refractivity contribution in [2.75, 3.05) is 6.54 Å². The van der Waals surface area contributed by atoms with Gasteiger partial charge in [0.25, 0.3) is 0 Å². The van der Waals surface area contributed by atoms with Gasteiger partial charge in [0.2, 0.25) is 0 Å². The zero-order valence-electron chi connectivity index (χ0n) is 11.7. The lowest BCUT2D eigenvalue weighted by atomic mass is 9.69. The average molecular weight is 248 g/mol. The summed E-state index contributed by atoms with van der Waals surface area (Å²) in [6.45, 7) is 9.31. The van der Waals surface area contributed by atoms with Crippen LogP contribution in [0.25, 0.3) is 0 Å². The molecular formula is C14H24N4. The van der Waals surface area contributed by atoms with Gasteiger partial charge < -0.3 is 5.32 Å². The Morgan fingerprint density at radius 2 is 2.22 bits per heavy atom. The molecule has 4 heteroatoms. The zero-order chi connectivity index (χ0) is 12.8. The van der Waals surface area contributed by atoms with Crippen molar-refractivity contribution in [3.05, 3.63) is 12.4 Å². The van der Waals surface area contributed by atoms with Gasteiger partial charge in [-0.15, -0.1) is 5.10 Å². The molecule has 0 spiro atoms. The predicted octanol–water partition coefficient (Wildman–Crippen LogP) is 2.08. The zero-order valence-corrected chi connectivity index (χ0v) is 11.7. The van der Waals surface area contributed by atoms with Crippen LogP contribution in [-0.4, -0.2) is 27.6 Å². The molecule has 1 heterocycles. The van der Waals surface area contributed by atoms with Crippen LogP contribution in [0.1, 0.15) is 40.0 Å². The van der Waals surface area contributed by atoms with Gasteiger partial charge in [-0.2, -0.15) is 0 Å². The maximum absolute atomic E-state index is 4.00. The van der Waals surface area contributed by atoms with Gasteiger partial charge >= 0.3 is 0 Å². The molecule has 3 rings (SSSR count). The molecule has 100 valence electrons.